The van der Waals surface area contributed by atoms with E-state index in [-0.39, 0.29) is 5.02 Å². The molecule has 0 aliphatic rings. The van der Waals surface area contributed by atoms with Crippen molar-refractivity contribution < 1.29 is 8.81 Å². The molecule has 2 aromatic heterocycles. The summed E-state index contributed by atoms with van der Waals surface area (Å²) in [5, 5.41) is 7.08. The molecular weight excluding hydrogens is 269 g/mol. The molecule has 0 fully saturated rings. The molecule has 2 heterocycles. The largest absolute Gasteiger partial charge is 0.472 e. The number of aromatic nitrogens is 2. The van der Waals surface area contributed by atoms with Crippen molar-refractivity contribution in [2.75, 3.05) is 5.73 Å². The van der Waals surface area contributed by atoms with Gasteiger partial charge in [0.05, 0.1) is 28.8 Å². The summed E-state index contributed by atoms with van der Waals surface area (Å²) in [5.41, 5.74) is 8.58. The molecule has 0 amide bonds. The van der Waals surface area contributed by atoms with Gasteiger partial charge in [0.15, 0.2) is 5.82 Å². The van der Waals surface area contributed by atoms with Crippen molar-refractivity contribution in [2.45, 2.75) is 0 Å². The van der Waals surface area contributed by atoms with Crippen molar-refractivity contribution in [2.24, 2.45) is 0 Å². The van der Waals surface area contributed by atoms with Gasteiger partial charge in [-0.05, 0) is 24.3 Å². The van der Waals surface area contributed by atoms with Gasteiger partial charge >= 0.3 is 0 Å². The molecule has 19 heavy (non-hydrogen) atoms. The molecule has 0 unspecified atom stereocenters. The van der Waals surface area contributed by atoms with Gasteiger partial charge in [-0.3, -0.25) is 5.10 Å². The highest BCUT2D eigenvalue weighted by Crippen LogP contribution is 2.38. The maximum absolute atomic E-state index is 13.1. The van der Waals surface area contributed by atoms with E-state index in [1.165, 1.54) is 12.1 Å². The predicted molar refractivity (Wildman–Crippen MR) is 71.1 cm³/mol. The molecule has 0 aliphatic carbocycles. The van der Waals surface area contributed by atoms with E-state index in [2.05, 4.69) is 10.2 Å². The third-order valence-electron chi connectivity index (χ3n) is 2.80. The number of H-pyrrole nitrogens is 1. The normalized spacial score (nSPS) is 10.8. The Balaban J connectivity index is 2.22. The topological polar surface area (TPSA) is 67.8 Å². The summed E-state index contributed by atoms with van der Waals surface area (Å²) in [6.45, 7) is 0. The van der Waals surface area contributed by atoms with Gasteiger partial charge in [0.25, 0.3) is 0 Å². The van der Waals surface area contributed by atoms with Crippen LogP contribution in [0.3, 0.4) is 0 Å². The zero-order chi connectivity index (χ0) is 13.4. The van der Waals surface area contributed by atoms with Crippen molar-refractivity contribution in [1.29, 1.82) is 0 Å². The third-order valence-corrected chi connectivity index (χ3v) is 3.12. The van der Waals surface area contributed by atoms with Crippen molar-refractivity contribution in [3.8, 4) is 22.4 Å². The first-order valence-electron chi connectivity index (χ1n) is 5.48. The molecule has 0 bridgehead atoms. The van der Waals surface area contributed by atoms with E-state index >= 15 is 0 Å². The highest BCUT2D eigenvalue weighted by molar-refractivity contribution is 6.33. The Labute approximate surface area is 113 Å². The van der Waals surface area contributed by atoms with Gasteiger partial charge in [-0.25, -0.2) is 4.39 Å². The highest BCUT2D eigenvalue weighted by Gasteiger charge is 2.18. The average molecular weight is 278 g/mol. The number of nitrogen functional groups attached to an aromatic ring is 1. The number of rotatable bonds is 2. The molecule has 0 saturated carbocycles. The molecule has 3 rings (SSSR count). The minimum atomic E-state index is -0.402. The molecule has 0 saturated heterocycles. The number of aromatic amines is 1. The van der Waals surface area contributed by atoms with Crippen LogP contribution in [0.5, 0.6) is 0 Å². The number of anilines is 1. The first-order chi connectivity index (χ1) is 9.16. The van der Waals surface area contributed by atoms with Crippen LogP contribution in [0.15, 0.2) is 41.2 Å². The zero-order valence-electron chi connectivity index (χ0n) is 9.65. The second-order valence-electron chi connectivity index (χ2n) is 4.00. The number of nitrogens with one attached hydrogen (secondary N) is 1. The van der Waals surface area contributed by atoms with Gasteiger partial charge in [0.2, 0.25) is 0 Å². The van der Waals surface area contributed by atoms with Crippen molar-refractivity contribution in [3.63, 3.8) is 0 Å². The van der Waals surface area contributed by atoms with Crippen molar-refractivity contribution in [1.82, 2.24) is 10.2 Å². The fraction of sp³-hybridized carbons (Fsp3) is 0. The lowest BCUT2D eigenvalue weighted by Crippen LogP contribution is -1.90. The predicted octanol–water partition coefficient (Wildman–Crippen LogP) is 3.71. The van der Waals surface area contributed by atoms with Crippen LogP contribution in [-0.2, 0) is 0 Å². The van der Waals surface area contributed by atoms with E-state index in [9.17, 15) is 4.39 Å². The second-order valence-corrected chi connectivity index (χ2v) is 4.40. The molecule has 3 N–H and O–H groups in total. The molecule has 0 spiro atoms. The number of nitrogens with two attached hydrogens (primary N) is 1. The molecule has 0 atom stereocenters. The number of hydrogen-bond donors (Lipinski definition) is 2. The van der Waals surface area contributed by atoms with Crippen LogP contribution in [0.1, 0.15) is 0 Å². The fourth-order valence-corrected chi connectivity index (χ4v) is 2.20. The van der Waals surface area contributed by atoms with Gasteiger partial charge in [-0.15, -0.1) is 0 Å². The third kappa shape index (κ3) is 1.98. The molecule has 0 radical (unpaired) electrons. The monoisotopic (exact) mass is 277 g/mol. The molecule has 96 valence electrons. The van der Waals surface area contributed by atoms with E-state index in [4.69, 9.17) is 21.8 Å². The Morgan fingerprint density at radius 1 is 1.32 bits per heavy atom. The van der Waals surface area contributed by atoms with Crippen LogP contribution in [-0.4, -0.2) is 10.2 Å². The van der Waals surface area contributed by atoms with Crippen LogP contribution in [0.2, 0.25) is 5.02 Å². The fourth-order valence-electron chi connectivity index (χ4n) is 1.94. The van der Waals surface area contributed by atoms with Crippen LogP contribution in [0, 0.1) is 5.82 Å². The van der Waals surface area contributed by atoms with Gasteiger partial charge < -0.3 is 10.2 Å². The highest BCUT2D eigenvalue weighted by atomic mass is 35.5. The van der Waals surface area contributed by atoms with Gasteiger partial charge in [0, 0.05) is 11.1 Å². The molecule has 6 heteroatoms. The summed E-state index contributed by atoms with van der Waals surface area (Å²) in [7, 11) is 0. The van der Waals surface area contributed by atoms with Crippen LogP contribution in [0.25, 0.3) is 22.4 Å². The summed E-state index contributed by atoms with van der Waals surface area (Å²) >= 11 is 6.07. The van der Waals surface area contributed by atoms with E-state index in [0.717, 1.165) is 5.56 Å². The first-order valence-corrected chi connectivity index (χ1v) is 5.86. The number of hydrogen-bond acceptors (Lipinski definition) is 3. The zero-order valence-corrected chi connectivity index (χ0v) is 10.4. The average Bonchev–Trinajstić information content (AvgIpc) is 2.99. The standard InChI is InChI=1S/C13H9ClFN3O/c14-10-5-8(15)1-2-9(10)11-12(17-18-13(11)16)7-3-4-19-6-7/h1-6H,(H3,16,17,18). The summed E-state index contributed by atoms with van der Waals surface area (Å²) in [6, 6.07) is 5.91. The summed E-state index contributed by atoms with van der Waals surface area (Å²) < 4.78 is 18.1. The van der Waals surface area contributed by atoms with E-state index in [0.29, 0.717) is 22.6 Å². The maximum Gasteiger partial charge on any atom is 0.153 e. The number of benzene rings is 1. The quantitative estimate of drug-likeness (QED) is 0.750. The molecular formula is C13H9ClFN3O. The Morgan fingerprint density at radius 3 is 2.84 bits per heavy atom. The van der Waals surface area contributed by atoms with Gasteiger partial charge in [-0.2, -0.15) is 5.10 Å². The minimum Gasteiger partial charge on any atom is -0.472 e. The Morgan fingerprint density at radius 2 is 2.16 bits per heavy atom. The molecule has 1 aromatic carbocycles. The van der Waals surface area contributed by atoms with Crippen molar-refractivity contribution >= 4 is 17.4 Å². The smallest absolute Gasteiger partial charge is 0.153 e. The van der Waals surface area contributed by atoms with Gasteiger partial charge in [-0.1, -0.05) is 11.6 Å². The van der Waals surface area contributed by atoms with Crippen LogP contribution in [0.4, 0.5) is 10.2 Å². The first kappa shape index (κ1) is 11.8. The Hall–Kier alpha value is -2.27. The maximum atomic E-state index is 13.1. The minimum absolute atomic E-state index is 0.276. The van der Waals surface area contributed by atoms with Gasteiger partial charge in [0.1, 0.15) is 5.82 Å². The van der Waals surface area contributed by atoms with Crippen LogP contribution < -0.4 is 5.73 Å². The lowest BCUT2D eigenvalue weighted by Gasteiger charge is -2.05. The number of furan rings is 1. The molecule has 3 aromatic rings. The molecule has 4 nitrogen and oxygen atoms in total. The number of nitrogens with zero attached hydrogens (tertiary/aromatic N) is 1. The SMILES string of the molecule is Nc1n[nH]c(-c2ccoc2)c1-c1ccc(F)cc1Cl. The van der Waals surface area contributed by atoms with E-state index in [1.54, 1.807) is 24.7 Å². The van der Waals surface area contributed by atoms with Crippen LogP contribution >= 0.6 is 11.6 Å². The summed E-state index contributed by atoms with van der Waals surface area (Å²) in [5.74, 6) is -0.106. The summed E-state index contributed by atoms with van der Waals surface area (Å²) in [6.07, 6.45) is 3.11. The second kappa shape index (κ2) is 4.44. The molecule has 0 aliphatic heterocycles. The Bertz CT molecular complexity index is 722. The number of halogens is 2. The van der Waals surface area contributed by atoms with E-state index < -0.39 is 5.82 Å². The lowest BCUT2D eigenvalue weighted by molar-refractivity contribution is 0.568. The summed E-state index contributed by atoms with van der Waals surface area (Å²) in [4.78, 5) is 0. The Kier molecular flexibility index (Phi) is 2.76. The lowest BCUT2D eigenvalue weighted by atomic mass is 10.0. The van der Waals surface area contributed by atoms with E-state index in [1.807, 2.05) is 0 Å². The van der Waals surface area contributed by atoms with Crippen molar-refractivity contribution in [3.05, 3.63) is 47.6 Å².